The smallest absolute Gasteiger partial charge is 0.399 e. The standard InChI is InChI=1S/C25H27N7O.C14H14ClN5.C11H11F3N2O/c1-15-6-5-7-16(2)22(15)28-23-21-13-26-25(29-24(21)31(4)30-23)27-20-9-8-19-14-32(17(3)33)11-10-18(19)12-20;1-8-5-4-6-9(2)11(8)17-12-10-7-16-14(15)18-13(10)20(3)19-12;12-11(13,14)10(17)16-4-3-7-5-9(15)2-1-8(7)6-16/h5-9,12-13H,10-11,14H2,1-4H3,(H,28,30)(H,26,27,29);4-7H,1-3H3,(H,17,19);1-2,5H,3-4,6,15H2. The summed E-state index contributed by atoms with van der Waals surface area (Å²) < 4.78 is 40.2. The Hall–Kier alpha value is -7.80. The average Bonchev–Trinajstić information content (AvgIpc) is 3.81. The average molecular weight is 974 g/mol. The van der Waals surface area contributed by atoms with Gasteiger partial charge in [0.15, 0.2) is 22.9 Å². The Morgan fingerprint density at radius 1 is 0.657 bits per heavy atom. The van der Waals surface area contributed by atoms with Gasteiger partial charge in [0, 0.05) is 82.3 Å². The van der Waals surface area contributed by atoms with Crippen molar-refractivity contribution in [1.29, 1.82) is 0 Å². The van der Waals surface area contributed by atoms with Crippen LogP contribution >= 0.6 is 11.6 Å². The molecule has 70 heavy (non-hydrogen) atoms. The molecule has 20 heteroatoms. The fourth-order valence-corrected chi connectivity index (χ4v) is 8.64. The molecule has 362 valence electrons. The van der Waals surface area contributed by atoms with Gasteiger partial charge in [0.05, 0.1) is 10.8 Å². The number of fused-ring (bicyclic) bond motifs is 4. The van der Waals surface area contributed by atoms with Crippen molar-refractivity contribution in [3.63, 3.8) is 0 Å². The minimum atomic E-state index is -4.80. The number of rotatable bonds is 6. The van der Waals surface area contributed by atoms with Gasteiger partial charge in [-0.25, -0.2) is 19.3 Å². The SMILES string of the molecule is CC(=O)N1CCc2cc(Nc3ncc4c(Nc5c(C)cccc5C)nn(C)c4n3)ccc2C1.Cc1cccc(C)c1Nc1nn(C)c2nc(Cl)ncc12.Nc1ccc2c(c1)CCN(C(=O)C(F)(F)F)C2. The lowest BCUT2D eigenvalue weighted by Crippen LogP contribution is -2.43. The first-order valence-electron chi connectivity index (χ1n) is 22.4. The summed E-state index contributed by atoms with van der Waals surface area (Å²) in [5, 5.41) is 21.2. The summed E-state index contributed by atoms with van der Waals surface area (Å²) in [7, 11) is 3.72. The summed E-state index contributed by atoms with van der Waals surface area (Å²) in [5.74, 6) is 0.328. The van der Waals surface area contributed by atoms with Crippen molar-refractivity contribution in [2.45, 2.75) is 66.7 Å². The first kappa shape index (κ1) is 48.6. The molecule has 0 saturated carbocycles. The van der Waals surface area contributed by atoms with Crippen molar-refractivity contribution in [1.82, 2.24) is 49.3 Å². The summed E-state index contributed by atoms with van der Waals surface area (Å²) in [6.45, 7) is 11.4. The lowest BCUT2D eigenvalue weighted by atomic mass is 9.99. The number of nitrogens with one attached hydrogen (secondary N) is 3. The van der Waals surface area contributed by atoms with Crippen molar-refractivity contribution in [3.05, 3.63) is 135 Å². The topological polar surface area (TPSA) is 190 Å². The van der Waals surface area contributed by atoms with E-state index < -0.39 is 12.1 Å². The molecule has 8 aromatic rings. The Kier molecular flexibility index (Phi) is 13.9. The van der Waals surface area contributed by atoms with Crippen LogP contribution in [-0.2, 0) is 49.6 Å². The number of carbonyl (C=O) groups excluding carboxylic acids is 2. The number of para-hydroxylation sites is 2. The van der Waals surface area contributed by atoms with Crippen LogP contribution in [-0.4, -0.2) is 80.4 Å². The van der Waals surface area contributed by atoms with E-state index in [1.807, 2.05) is 37.2 Å². The Morgan fingerprint density at radius 3 is 1.71 bits per heavy atom. The number of alkyl halides is 3. The van der Waals surface area contributed by atoms with Crippen LogP contribution in [0.5, 0.6) is 0 Å². The van der Waals surface area contributed by atoms with Crippen LogP contribution in [0, 0.1) is 27.7 Å². The minimum absolute atomic E-state index is 0.00600. The van der Waals surface area contributed by atoms with Gasteiger partial charge in [0.2, 0.25) is 17.1 Å². The lowest BCUT2D eigenvalue weighted by Gasteiger charge is -2.29. The second-order valence-corrected chi connectivity index (χ2v) is 17.7. The molecule has 0 fully saturated rings. The van der Waals surface area contributed by atoms with Gasteiger partial charge in [-0.05, 0) is 121 Å². The van der Waals surface area contributed by atoms with Crippen molar-refractivity contribution < 1.29 is 22.8 Å². The number of nitrogens with zero attached hydrogens (tertiary/aromatic N) is 10. The van der Waals surface area contributed by atoms with Crippen molar-refractivity contribution in [2.24, 2.45) is 14.1 Å². The number of hydrogen-bond donors (Lipinski definition) is 4. The lowest BCUT2D eigenvalue weighted by molar-refractivity contribution is -0.186. The number of nitrogen functional groups attached to an aromatic ring is 1. The van der Waals surface area contributed by atoms with Crippen molar-refractivity contribution >= 4 is 85.8 Å². The minimum Gasteiger partial charge on any atom is -0.399 e. The van der Waals surface area contributed by atoms with Gasteiger partial charge >= 0.3 is 12.1 Å². The van der Waals surface area contributed by atoms with E-state index in [0.29, 0.717) is 30.2 Å². The van der Waals surface area contributed by atoms with Crippen molar-refractivity contribution in [2.75, 3.05) is 34.8 Å². The Bertz CT molecular complexity index is 3240. The third-order valence-electron chi connectivity index (χ3n) is 12.3. The van der Waals surface area contributed by atoms with Crippen LogP contribution in [0.2, 0.25) is 5.28 Å². The fourth-order valence-electron chi connectivity index (χ4n) is 8.51. The Labute approximate surface area is 407 Å². The van der Waals surface area contributed by atoms with Gasteiger partial charge in [-0.3, -0.25) is 9.59 Å². The zero-order valence-corrected chi connectivity index (χ0v) is 40.5. The third-order valence-corrected chi connectivity index (χ3v) is 12.5. The highest BCUT2D eigenvalue weighted by molar-refractivity contribution is 6.28. The highest BCUT2D eigenvalue weighted by atomic mass is 35.5. The Morgan fingerprint density at radius 2 is 1.16 bits per heavy atom. The van der Waals surface area contributed by atoms with Gasteiger partial charge in [0.1, 0.15) is 0 Å². The van der Waals surface area contributed by atoms with E-state index in [1.165, 1.54) is 22.3 Å². The fraction of sp³-hybridized carbons (Fsp3) is 0.280. The zero-order valence-electron chi connectivity index (χ0n) is 39.7. The molecule has 0 spiro atoms. The highest BCUT2D eigenvalue weighted by Crippen LogP contribution is 2.32. The summed E-state index contributed by atoms with van der Waals surface area (Å²) in [6.07, 6.45) is -0.0583. The molecule has 0 unspecified atom stereocenters. The predicted octanol–water partition coefficient (Wildman–Crippen LogP) is 9.46. The van der Waals surface area contributed by atoms with E-state index in [4.69, 9.17) is 22.3 Å². The van der Waals surface area contributed by atoms with Crippen LogP contribution < -0.4 is 21.7 Å². The first-order valence-corrected chi connectivity index (χ1v) is 22.8. The maximum Gasteiger partial charge on any atom is 0.471 e. The highest BCUT2D eigenvalue weighted by Gasteiger charge is 2.43. The summed E-state index contributed by atoms with van der Waals surface area (Å²) >= 11 is 5.83. The number of aryl methyl sites for hydroxylation is 6. The zero-order chi connectivity index (χ0) is 50.0. The first-order chi connectivity index (χ1) is 33.3. The molecular formula is C50H52ClF3N14O2. The predicted molar refractivity (Wildman–Crippen MR) is 267 cm³/mol. The number of anilines is 7. The van der Waals surface area contributed by atoms with E-state index in [-0.39, 0.29) is 24.3 Å². The van der Waals surface area contributed by atoms with E-state index in [9.17, 15) is 22.8 Å². The molecule has 2 aliphatic heterocycles. The molecule has 6 heterocycles. The quantitative estimate of drug-likeness (QED) is 0.0914. The monoisotopic (exact) mass is 972 g/mol. The van der Waals surface area contributed by atoms with Gasteiger partial charge in [-0.1, -0.05) is 48.5 Å². The van der Waals surface area contributed by atoms with Crippen LogP contribution in [0.15, 0.2) is 85.2 Å². The maximum absolute atomic E-state index is 12.3. The molecule has 4 aromatic carbocycles. The normalized spacial score (nSPS) is 13.1. The molecule has 16 nitrogen and oxygen atoms in total. The van der Waals surface area contributed by atoms with E-state index in [2.05, 4.69) is 105 Å². The van der Waals surface area contributed by atoms with Crippen LogP contribution in [0.1, 0.15) is 51.4 Å². The van der Waals surface area contributed by atoms with Crippen LogP contribution in [0.4, 0.5) is 53.5 Å². The second-order valence-electron chi connectivity index (χ2n) is 17.3. The summed E-state index contributed by atoms with van der Waals surface area (Å²) in [5.41, 5.74) is 19.4. The summed E-state index contributed by atoms with van der Waals surface area (Å²) in [4.78, 5) is 42.9. The molecule has 2 amide bonds. The number of amides is 2. The van der Waals surface area contributed by atoms with Gasteiger partial charge < -0.3 is 31.5 Å². The van der Waals surface area contributed by atoms with E-state index in [1.54, 1.807) is 46.9 Å². The van der Waals surface area contributed by atoms with E-state index in [0.717, 1.165) is 85.2 Å². The van der Waals surface area contributed by atoms with Gasteiger partial charge in [-0.2, -0.15) is 33.3 Å². The number of nitrogens with two attached hydrogens (primary N) is 1. The van der Waals surface area contributed by atoms with E-state index >= 15 is 0 Å². The molecule has 0 saturated heterocycles. The second kappa shape index (κ2) is 20.0. The summed E-state index contributed by atoms with van der Waals surface area (Å²) in [6, 6.07) is 23.6. The van der Waals surface area contributed by atoms with Crippen molar-refractivity contribution in [3.8, 4) is 0 Å². The third kappa shape index (κ3) is 10.7. The molecule has 0 bridgehead atoms. The molecule has 0 aliphatic carbocycles. The Balaban J connectivity index is 0.000000152. The number of carbonyl (C=O) groups is 2. The molecular weight excluding hydrogens is 921 g/mol. The van der Waals surface area contributed by atoms with Gasteiger partial charge in [0.25, 0.3) is 0 Å². The number of hydrogen-bond acceptors (Lipinski definition) is 12. The molecule has 2 aliphatic rings. The molecule has 4 aromatic heterocycles. The molecule has 0 atom stereocenters. The number of halogens is 4. The molecule has 5 N–H and O–H groups in total. The number of aromatic nitrogens is 8. The van der Waals surface area contributed by atoms with Gasteiger partial charge in [-0.15, -0.1) is 0 Å². The number of benzene rings is 4. The molecule has 0 radical (unpaired) electrons. The van der Waals surface area contributed by atoms with Crippen LogP contribution in [0.3, 0.4) is 0 Å². The van der Waals surface area contributed by atoms with Crippen LogP contribution in [0.25, 0.3) is 22.1 Å². The largest absolute Gasteiger partial charge is 0.471 e. The molecule has 10 rings (SSSR count). The maximum atomic E-state index is 12.3.